The first-order valence-corrected chi connectivity index (χ1v) is 10.2. The average Bonchev–Trinajstić information content (AvgIpc) is 3.14. The number of carbonyl (C=O) groups is 2. The minimum atomic E-state index is -0.470. The van der Waals surface area contributed by atoms with Gasteiger partial charge in [-0.15, -0.1) is 0 Å². The number of rotatable bonds is 10. The highest BCUT2D eigenvalue weighted by Crippen LogP contribution is 2.22. The van der Waals surface area contributed by atoms with Gasteiger partial charge in [-0.25, -0.2) is 9.78 Å². The molecule has 0 bridgehead atoms. The largest absolute Gasteiger partial charge is 0.450 e. The van der Waals surface area contributed by atoms with E-state index in [-0.39, 0.29) is 18.4 Å². The van der Waals surface area contributed by atoms with Crippen molar-refractivity contribution < 1.29 is 18.7 Å². The minimum Gasteiger partial charge on any atom is -0.450 e. The van der Waals surface area contributed by atoms with Gasteiger partial charge in [0, 0.05) is 36.0 Å². The Bertz CT molecular complexity index is 789. The van der Waals surface area contributed by atoms with Crippen LogP contribution in [0.4, 0.5) is 4.79 Å². The predicted octanol–water partition coefficient (Wildman–Crippen LogP) is 4.20. The third-order valence-electron chi connectivity index (χ3n) is 4.15. The lowest BCUT2D eigenvalue weighted by molar-refractivity contribution is -0.121. The molecule has 2 amide bonds. The average molecular weight is 422 g/mol. The maximum absolute atomic E-state index is 12.2. The zero-order valence-electron chi connectivity index (χ0n) is 17.0. The Morgan fingerprint density at radius 3 is 2.62 bits per heavy atom. The quantitative estimate of drug-likeness (QED) is 0.599. The van der Waals surface area contributed by atoms with E-state index in [2.05, 4.69) is 29.5 Å². The Labute approximate surface area is 176 Å². The van der Waals surface area contributed by atoms with Crippen molar-refractivity contribution in [3.05, 3.63) is 41.4 Å². The summed E-state index contributed by atoms with van der Waals surface area (Å²) in [6, 6.07) is 7.08. The zero-order valence-corrected chi connectivity index (χ0v) is 17.8. The normalized spacial score (nSPS) is 11.9. The summed E-state index contributed by atoms with van der Waals surface area (Å²) in [5, 5.41) is 6.30. The van der Waals surface area contributed by atoms with Crippen molar-refractivity contribution in [1.29, 1.82) is 0 Å². The fourth-order valence-electron chi connectivity index (χ4n) is 2.82. The van der Waals surface area contributed by atoms with Crippen LogP contribution in [0.2, 0.25) is 5.02 Å². The molecule has 0 radical (unpaired) electrons. The highest BCUT2D eigenvalue weighted by atomic mass is 35.5. The van der Waals surface area contributed by atoms with Crippen LogP contribution in [-0.4, -0.2) is 36.2 Å². The second-order valence-corrected chi connectivity index (χ2v) is 7.56. The van der Waals surface area contributed by atoms with Gasteiger partial charge >= 0.3 is 6.09 Å². The Morgan fingerprint density at radius 1 is 1.24 bits per heavy atom. The van der Waals surface area contributed by atoms with Gasteiger partial charge in [-0.1, -0.05) is 25.4 Å². The van der Waals surface area contributed by atoms with Crippen molar-refractivity contribution in [2.24, 2.45) is 5.92 Å². The number of ether oxygens (including phenoxy) is 1. The standard InChI is InChI=1S/C21H28ClN3O4/c1-4-28-21(27)25-17(11-14(2)3)12-23-19(26)9-10-20-24-13-18(29-20)15-5-7-16(22)8-6-15/h5-8,13-14,17H,4,9-12H2,1-3H3,(H,23,26)(H,25,27). The van der Waals surface area contributed by atoms with Crippen molar-refractivity contribution >= 4 is 23.6 Å². The molecule has 1 aromatic heterocycles. The Hall–Kier alpha value is -2.54. The van der Waals surface area contributed by atoms with E-state index in [9.17, 15) is 9.59 Å². The lowest BCUT2D eigenvalue weighted by Gasteiger charge is -2.20. The van der Waals surface area contributed by atoms with Crippen LogP contribution < -0.4 is 10.6 Å². The number of amides is 2. The number of hydrogen-bond acceptors (Lipinski definition) is 5. The Balaban J connectivity index is 1.80. The van der Waals surface area contributed by atoms with E-state index >= 15 is 0 Å². The van der Waals surface area contributed by atoms with E-state index in [1.807, 2.05) is 12.1 Å². The van der Waals surface area contributed by atoms with Crippen LogP contribution in [0.3, 0.4) is 0 Å². The maximum atomic E-state index is 12.2. The third kappa shape index (κ3) is 8.15. The number of hydrogen-bond donors (Lipinski definition) is 2. The lowest BCUT2D eigenvalue weighted by atomic mass is 10.0. The van der Waals surface area contributed by atoms with Gasteiger partial charge < -0.3 is 19.8 Å². The van der Waals surface area contributed by atoms with Gasteiger partial charge in [0.05, 0.1) is 12.8 Å². The molecule has 0 aliphatic rings. The first-order chi connectivity index (χ1) is 13.9. The summed E-state index contributed by atoms with van der Waals surface area (Å²) in [6.07, 6.45) is 2.54. The molecule has 1 heterocycles. The molecule has 7 nitrogen and oxygen atoms in total. The van der Waals surface area contributed by atoms with Gasteiger partial charge in [0.2, 0.25) is 5.91 Å². The SMILES string of the molecule is CCOC(=O)NC(CNC(=O)CCc1ncc(-c2ccc(Cl)cc2)o1)CC(C)C. The number of aromatic nitrogens is 1. The third-order valence-corrected chi connectivity index (χ3v) is 4.40. The van der Waals surface area contributed by atoms with Crippen LogP contribution in [-0.2, 0) is 16.0 Å². The molecule has 29 heavy (non-hydrogen) atoms. The van der Waals surface area contributed by atoms with Crippen LogP contribution >= 0.6 is 11.6 Å². The van der Waals surface area contributed by atoms with Gasteiger partial charge in [-0.2, -0.15) is 0 Å². The van der Waals surface area contributed by atoms with Crippen LogP contribution in [0, 0.1) is 5.92 Å². The summed E-state index contributed by atoms with van der Waals surface area (Å²) >= 11 is 5.89. The molecule has 0 spiro atoms. The van der Waals surface area contributed by atoms with Crippen LogP contribution in [0.1, 0.15) is 39.5 Å². The van der Waals surface area contributed by atoms with Crippen LogP contribution in [0.25, 0.3) is 11.3 Å². The summed E-state index contributed by atoms with van der Waals surface area (Å²) in [7, 11) is 0. The fraction of sp³-hybridized carbons (Fsp3) is 0.476. The molecule has 1 atom stereocenters. The number of carbonyl (C=O) groups excluding carboxylic acids is 2. The van der Waals surface area contributed by atoms with Crippen LogP contribution in [0.15, 0.2) is 34.9 Å². The smallest absolute Gasteiger partial charge is 0.407 e. The number of aryl methyl sites for hydroxylation is 1. The van der Waals surface area contributed by atoms with Crippen molar-refractivity contribution in [3.8, 4) is 11.3 Å². The number of alkyl carbamates (subject to hydrolysis) is 1. The first-order valence-electron chi connectivity index (χ1n) is 9.78. The minimum absolute atomic E-state index is 0.129. The molecule has 2 N–H and O–H groups in total. The molecule has 8 heteroatoms. The van der Waals surface area contributed by atoms with Gasteiger partial charge in [0.25, 0.3) is 0 Å². The molecule has 2 aromatic rings. The predicted molar refractivity (Wildman–Crippen MR) is 112 cm³/mol. The summed E-state index contributed by atoms with van der Waals surface area (Å²) < 4.78 is 10.6. The Morgan fingerprint density at radius 2 is 1.97 bits per heavy atom. The fourth-order valence-corrected chi connectivity index (χ4v) is 2.95. The molecule has 1 aromatic carbocycles. The number of halogens is 1. The molecule has 1 unspecified atom stereocenters. The monoisotopic (exact) mass is 421 g/mol. The van der Waals surface area contributed by atoms with E-state index in [4.69, 9.17) is 20.8 Å². The van der Waals surface area contributed by atoms with E-state index in [1.54, 1.807) is 25.3 Å². The highest BCUT2D eigenvalue weighted by Gasteiger charge is 2.16. The summed E-state index contributed by atoms with van der Waals surface area (Å²) in [5.41, 5.74) is 0.874. The maximum Gasteiger partial charge on any atom is 0.407 e. The van der Waals surface area contributed by atoms with E-state index < -0.39 is 6.09 Å². The van der Waals surface area contributed by atoms with E-state index in [0.717, 1.165) is 12.0 Å². The number of nitrogens with zero attached hydrogens (tertiary/aromatic N) is 1. The molecule has 0 fully saturated rings. The molecule has 158 valence electrons. The van der Waals surface area contributed by atoms with Gasteiger partial charge in [-0.05, 0) is 43.5 Å². The topological polar surface area (TPSA) is 93.5 Å². The van der Waals surface area contributed by atoms with Crippen LogP contribution in [0.5, 0.6) is 0 Å². The van der Waals surface area contributed by atoms with Gasteiger partial charge in [-0.3, -0.25) is 4.79 Å². The van der Waals surface area contributed by atoms with Crippen molar-refractivity contribution in [3.63, 3.8) is 0 Å². The lowest BCUT2D eigenvalue weighted by Crippen LogP contribution is -2.44. The van der Waals surface area contributed by atoms with Gasteiger partial charge in [0.15, 0.2) is 11.7 Å². The number of oxazole rings is 1. The summed E-state index contributed by atoms with van der Waals surface area (Å²) in [6.45, 7) is 6.52. The van der Waals surface area contributed by atoms with E-state index in [1.165, 1.54) is 0 Å². The molecule has 2 rings (SSSR count). The first kappa shape index (κ1) is 22.7. The Kier molecular flexibility index (Phi) is 8.99. The molecular weight excluding hydrogens is 394 g/mol. The second-order valence-electron chi connectivity index (χ2n) is 7.12. The molecule has 0 saturated carbocycles. The molecule has 0 saturated heterocycles. The van der Waals surface area contributed by atoms with E-state index in [0.29, 0.717) is 42.2 Å². The zero-order chi connectivity index (χ0) is 21.2. The number of benzene rings is 1. The summed E-state index contributed by atoms with van der Waals surface area (Å²) in [4.78, 5) is 28.1. The highest BCUT2D eigenvalue weighted by molar-refractivity contribution is 6.30. The molecular formula is C21H28ClN3O4. The molecule has 0 aliphatic carbocycles. The second kappa shape index (κ2) is 11.5. The number of nitrogens with one attached hydrogen (secondary N) is 2. The summed E-state index contributed by atoms with van der Waals surface area (Å²) in [5.74, 6) is 1.37. The van der Waals surface area contributed by atoms with Crippen molar-refractivity contribution in [1.82, 2.24) is 15.6 Å². The van der Waals surface area contributed by atoms with Crippen molar-refractivity contribution in [2.45, 2.75) is 46.1 Å². The van der Waals surface area contributed by atoms with Gasteiger partial charge in [0.1, 0.15) is 0 Å². The van der Waals surface area contributed by atoms with Crippen molar-refractivity contribution in [2.75, 3.05) is 13.2 Å². The molecule has 0 aliphatic heterocycles.